The van der Waals surface area contributed by atoms with E-state index >= 15 is 0 Å². The van der Waals surface area contributed by atoms with E-state index in [1.165, 1.54) is 23.1 Å². The van der Waals surface area contributed by atoms with Crippen molar-refractivity contribution in [2.45, 2.75) is 62.8 Å². The number of morpholine rings is 1. The maximum absolute atomic E-state index is 13.6. The third-order valence-corrected chi connectivity index (χ3v) is 11.7. The maximum Gasteiger partial charge on any atom is 0.318 e. The van der Waals surface area contributed by atoms with Gasteiger partial charge in [0.1, 0.15) is 12.4 Å². The molecule has 3 saturated heterocycles. The number of hydrogen-bond acceptors (Lipinski definition) is 10. The largest absolute Gasteiger partial charge is 0.462 e. The van der Waals surface area contributed by atoms with Crippen molar-refractivity contribution in [2.24, 2.45) is 0 Å². The zero-order valence-corrected chi connectivity index (χ0v) is 30.5. The van der Waals surface area contributed by atoms with Crippen LogP contribution in [0.1, 0.15) is 59.7 Å². The van der Waals surface area contributed by atoms with Gasteiger partial charge < -0.3 is 24.2 Å². The molecule has 1 aromatic heterocycles. The molecular weight excluding hydrogens is 645 g/mol. The van der Waals surface area contributed by atoms with E-state index in [0.717, 1.165) is 75.7 Å². The fraction of sp³-hybridized carbons (Fsp3) is 0.579. The highest BCUT2D eigenvalue weighted by atomic mass is 28.1. The van der Waals surface area contributed by atoms with Crippen molar-refractivity contribution >= 4 is 28.0 Å². The van der Waals surface area contributed by atoms with Crippen LogP contribution in [-0.4, -0.2) is 136 Å². The Kier molecular flexibility index (Phi) is 10.7. The number of ether oxygens (including phenoxy) is 2. The fourth-order valence-corrected chi connectivity index (χ4v) is 8.81. The van der Waals surface area contributed by atoms with Gasteiger partial charge in [0.2, 0.25) is 5.91 Å². The number of likely N-dealkylation sites (tertiary alicyclic amines) is 1. The molecule has 3 atom stereocenters. The second-order valence-electron chi connectivity index (χ2n) is 14.4. The molecule has 5 aliphatic rings. The summed E-state index contributed by atoms with van der Waals surface area (Å²) in [4.78, 5) is 35.0. The smallest absolute Gasteiger partial charge is 0.318 e. The molecule has 3 radical (unpaired) electrons. The number of rotatable bonds is 9. The Morgan fingerprint density at radius 1 is 1.18 bits per heavy atom. The number of aryl methyl sites for hydroxylation is 1. The molecular formula is C38H49N8O3Si. The van der Waals surface area contributed by atoms with E-state index in [1.54, 1.807) is 11.0 Å². The Hall–Kier alpha value is -3.60. The summed E-state index contributed by atoms with van der Waals surface area (Å²) in [6.07, 6.45) is 12.3. The standard InChI is InChI=1S/C38H49N8O3Si/c1-28-7-3-8-29-9-4-11-33(35(28)29)44-18-13-31-32(25-44)40-37(49-26-30-10-5-16-42(30)2)41-36(31)45-19-20-46(38(50,27-45)14-15-39)34(47)12-6-17-43-21-23-48-24-22-43/h3-4,6-9,12,30,33H,5,10-11,13-14,16-27H2,1-2H3/b12-6+/t30-,33?,38-/m0/s1. The van der Waals surface area contributed by atoms with Crippen LogP contribution in [0.25, 0.3) is 6.08 Å². The average Bonchev–Trinajstić information content (AvgIpc) is 3.54. The minimum absolute atomic E-state index is 0.0923. The van der Waals surface area contributed by atoms with Gasteiger partial charge >= 0.3 is 6.01 Å². The molecule has 1 aromatic carbocycles. The number of nitriles is 1. The molecule has 2 aromatic rings. The van der Waals surface area contributed by atoms with Gasteiger partial charge in [-0.1, -0.05) is 36.4 Å². The monoisotopic (exact) mass is 693 g/mol. The molecule has 0 saturated carbocycles. The van der Waals surface area contributed by atoms with Gasteiger partial charge in [0.15, 0.2) is 0 Å². The molecule has 263 valence electrons. The molecule has 4 aliphatic heterocycles. The summed E-state index contributed by atoms with van der Waals surface area (Å²) in [7, 11) is 6.12. The van der Waals surface area contributed by atoms with Gasteiger partial charge in [-0.3, -0.25) is 14.6 Å². The van der Waals surface area contributed by atoms with Gasteiger partial charge in [-0.05, 0) is 62.9 Å². The summed E-state index contributed by atoms with van der Waals surface area (Å²) in [6.45, 7) is 10.8. The van der Waals surface area contributed by atoms with Crippen LogP contribution in [0.15, 0.2) is 36.4 Å². The second kappa shape index (κ2) is 15.3. The van der Waals surface area contributed by atoms with Gasteiger partial charge in [-0.15, -0.1) is 0 Å². The number of piperazine rings is 1. The summed E-state index contributed by atoms with van der Waals surface area (Å²) in [5, 5.41) is 9.06. The lowest BCUT2D eigenvalue weighted by atomic mass is 9.87. The quantitative estimate of drug-likeness (QED) is 0.288. The Morgan fingerprint density at radius 2 is 2.04 bits per heavy atom. The molecule has 7 rings (SSSR count). The van der Waals surface area contributed by atoms with Crippen LogP contribution in [0.4, 0.5) is 5.82 Å². The average molecular weight is 694 g/mol. The minimum atomic E-state index is -0.866. The molecule has 3 fully saturated rings. The third-order valence-electron chi connectivity index (χ3n) is 11.1. The summed E-state index contributed by atoms with van der Waals surface area (Å²) < 4.78 is 11.8. The number of benzene rings is 1. The first-order valence-corrected chi connectivity index (χ1v) is 18.7. The van der Waals surface area contributed by atoms with E-state index in [9.17, 15) is 10.1 Å². The number of carbonyl (C=O) groups is 1. The first-order chi connectivity index (χ1) is 24.3. The Bertz CT molecular complexity index is 1660. The van der Waals surface area contributed by atoms with Crippen molar-refractivity contribution in [2.75, 3.05) is 84.1 Å². The molecule has 1 amide bonds. The van der Waals surface area contributed by atoms with Crippen molar-refractivity contribution in [1.82, 2.24) is 29.6 Å². The van der Waals surface area contributed by atoms with Crippen molar-refractivity contribution in [3.8, 4) is 12.1 Å². The van der Waals surface area contributed by atoms with Crippen molar-refractivity contribution in [1.29, 1.82) is 5.26 Å². The van der Waals surface area contributed by atoms with Crippen molar-refractivity contribution in [3.05, 3.63) is 64.4 Å². The lowest BCUT2D eigenvalue weighted by molar-refractivity contribution is -0.129. The van der Waals surface area contributed by atoms with E-state index in [0.29, 0.717) is 51.4 Å². The predicted molar refractivity (Wildman–Crippen MR) is 194 cm³/mol. The lowest BCUT2D eigenvalue weighted by Gasteiger charge is -2.49. The molecule has 50 heavy (non-hydrogen) atoms. The number of aromatic nitrogens is 2. The zero-order chi connectivity index (χ0) is 34.7. The first kappa shape index (κ1) is 34.8. The summed E-state index contributed by atoms with van der Waals surface area (Å²) in [5.41, 5.74) is 6.18. The van der Waals surface area contributed by atoms with Crippen LogP contribution >= 0.6 is 0 Å². The van der Waals surface area contributed by atoms with Gasteiger partial charge in [0.25, 0.3) is 0 Å². The van der Waals surface area contributed by atoms with E-state index in [2.05, 4.69) is 80.2 Å². The van der Waals surface area contributed by atoms with Crippen LogP contribution < -0.4 is 9.64 Å². The number of hydrogen-bond donors (Lipinski definition) is 0. The summed E-state index contributed by atoms with van der Waals surface area (Å²) >= 11 is 0. The molecule has 11 nitrogen and oxygen atoms in total. The highest BCUT2D eigenvalue weighted by molar-refractivity contribution is 6.18. The number of fused-ring (bicyclic) bond motifs is 2. The second-order valence-corrected chi connectivity index (χ2v) is 15.3. The van der Waals surface area contributed by atoms with Gasteiger partial charge in [0.05, 0.1) is 46.8 Å². The SMILES string of the molecule is Cc1cccc2c1C(N1CCc3c(nc(OC[C@@H]4CCCN4C)nc3N3CCN(C(=O)/C=C/CN4CCOCC4)[C@]([Si])(CC#N)C3)C1)CC=C2. The number of amides is 1. The Labute approximate surface area is 299 Å². The molecule has 5 heterocycles. The van der Waals surface area contributed by atoms with Crippen LogP contribution in [0.5, 0.6) is 6.01 Å². The number of nitrogens with zero attached hydrogens (tertiary/aromatic N) is 8. The van der Waals surface area contributed by atoms with E-state index in [4.69, 9.17) is 19.4 Å². The Balaban J connectivity index is 1.14. The third kappa shape index (κ3) is 7.39. The normalized spacial score (nSPS) is 26.2. The number of anilines is 1. The van der Waals surface area contributed by atoms with Gasteiger partial charge in [-0.25, -0.2) is 0 Å². The molecule has 1 unspecified atom stereocenters. The minimum Gasteiger partial charge on any atom is -0.462 e. The number of likely N-dealkylation sites (N-methyl/N-ethyl adjacent to an activating group) is 1. The van der Waals surface area contributed by atoms with E-state index in [1.807, 2.05) is 6.08 Å². The van der Waals surface area contributed by atoms with E-state index in [-0.39, 0.29) is 18.4 Å². The fourth-order valence-electron chi connectivity index (χ4n) is 8.31. The van der Waals surface area contributed by atoms with Gasteiger partial charge in [-0.2, -0.15) is 15.2 Å². The Morgan fingerprint density at radius 3 is 2.84 bits per heavy atom. The lowest BCUT2D eigenvalue weighted by Crippen LogP contribution is -2.64. The zero-order valence-electron chi connectivity index (χ0n) is 29.5. The molecule has 12 heteroatoms. The summed E-state index contributed by atoms with van der Waals surface area (Å²) in [6, 6.07) is 9.95. The van der Waals surface area contributed by atoms with Crippen LogP contribution in [0.2, 0.25) is 0 Å². The first-order valence-electron chi connectivity index (χ1n) is 18.2. The van der Waals surface area contributed by atoms with Crippen molar-refractivity contribution < 1.29 is 14.3 Å². The van der Waals surface area contributed by atoms with E-state index < -0.39 is 5.16 Å². The predicted octanol–water partition coefficient (Wildman–Crippen LogP) is 3.09. The highest BCUT2D eigenvalue weighted by Crippen LogP contribution is 2.39. The molecule has 0 bridgehead atoms. The van der Waals surface area contributed by atoms with Crippen LogP contribution in [0, 0.1) is 18.3 Å². The van der Waals surface area contributed by atoms with Crippen molar-refractivity contribution in [3.63, 3.8) is 0 Å². The highest BCUT2D eigenvalue weighted by Gasteiger charge is 2.42. The van der Waals surface area contributed by atoms with Gasteiger partial charge in [0, 0.05) is 76.1 Å². The molecule has 0 spiro atoms. The molecule has 0 N–H and O–H groups in total. The molecule has 1 aliphatic carbocycles. The number of carbonyl (C=O) groups excluding carboxylic acids is 1. The van der Waals surface area contributed by atoms with Crippen LogP contribution in [-0.2, 0) is 22.5 Å². The summed E-state index contributed by atoms with van der Waals surface area (Å²) in [5.74, 6) is 0.769. The topological polar surface area (TPSA) is 101 Å². The van der Waals surface area contributed by atoms with Crippen LogP contribution in [0.3, 0.4) is 0 Å². The maximum atomic E-state index is 13.6.